The van der Waals surface area contributed by atoms with Gasteiger partial charge in [-0.05, 0) is 52.2 Å². The van der Waals surface area contributed by atoms with Crippen LogP contribution in [0.1, 0.15) is 59.1 Å². The highest BCUT2D eigenvalue weighted by Crippen LogP contribution is 2.44. The summed E-state index contributed by atoms with van der Waals surface area (Å²) in [6.45, 7) is 14.2. The first-order valence-corrected chi connectivity index (χ1v) is 11.1. The van der Waals surface area contributed by atoms with Crippen molar-refractivity contribution in [2.24, 2.45) is 0 Å². The van der Waals surface area contributed by atoms with Crippen molar-refractivity contribution in [1.29, 1.82) is 0 Å². The highest BCUT2D eigenvalue weighted by molar-refractivity contribution is 7.99. The average molecular weight is 414 g/mol. The molecule has 29 heavy (non-hydrogen) atoms. The summed E-state index contributed by atoms with van der Waals surface area (Å²) in [5.74, 6) is 1.45. The summed E-state index contributed by atoms with van der Waals surface area (Å²) in [7, 11) is 0. The zero-order valence-corrected chi connectivity index (χ0v) is 19.4. The van der Waals surface area contributed by atoms with Crippen LogP contribution in [-0.2, 0) is 17.4 Å². The summed E-state index contributed by atoms with van der Waals surface area (Å²) >= 11 is 1.76. The Morgan fingerprint density at radius 1 is 0.897 bits per heavy atom. The number of hydrogen-bond acceptors (Lipinski definition) is 2. The van der Waals surface area contributed by atoms with Crippen LogP contribution in [0.4, 0.5) is 0 Å². The van der Waals surface area contributed by atoms with E-state index in [2.05, 4.69) is 94.8 Å². The lowest BCUT2D eigenvalue weighted by Gasteiger charge is -2.31. The Morgan fingerprint density at radius 3 is 2.24 bits per heavy atom. The molecule has 0 saturated carbocycles. The van der Waals surface area contributed by atoms with Crippen LogP contribution < -0.4 is 0 Å². The summed E-state index contributed by atoms with van der Waals surface area (Å²) in [6.07, 6.45) is 3.23. The van der Waals surface area contributed by atoms with Gasteiger partial charge < -0.3 is 15.1 Å². The summed E-state index contributed by atoms with van der Waals surface area (Å²) in [5.41, 5.74) is 3.54. The first-order valence-electron chi connectivity index (χ1n) is 10.1. The number of para-hydroxylation sites is 1. The predicted octanol–water partition coefficient (Wildman–Crippen LogP) is 6.30. The van der Waals surface area contributed by atoms with Crippen LogP contribution in [0.2, 0.25) is 0 Å². The van der Waals surface area contributed by atoms with E-state index in [0.29, 0.717) is 5.75 Å². The van der Waals surface area contributed by atoms with Gasteiger partial charge in [-0.25, -0.2) is 0 Å². The van der Waals surface area contributed by atoms with E-state index in [0.717, 1.165) is 29.2 Å². The van der Waals surface area contributed by atoms with E-state index in [9.17, 15) is 5.11 Å². The number of phenolic OH excluding ortho intramolecular Hbond substituents is 1. The molecule has 158 valence electrons. The number of phenols is 1. The second-order valence-electron chi connectivity index (χ2n) is 9.60. The van der Waals surface area contributed by atoms with Crippen molar-refractivity contribution in [3.8, 4) is 5.75 Å². The third-order valence-corrected chi connectivity index (χ3v) is 6.31. The molecular weight excluding hydrogens is 378 g/mol. The largest absolute Gasteiger partial charge is 0.506 e. The minimum absolute atomic E-state index is 0. The number of aromatic nitrogens is 1. The predicted molar refractivity (Wildman–Crippen MR) is 126 cm³/mol. The summed E-state index contributed by atoms with van der Waals surface area (Å²) in [5, 5.41) is 12.4. The Kier molecular flexibility index (Phi) is 7.13. The normalized spacial score (nSPS) is 12.2. The van der Waals surface area contributed by atoms with Gasteiger partial charge >= 0.3 is 0 Å². The number of aryl methyl sites for hydroxylation is 1. The number of benzene rings is 2. The number of fused-ring (bicyclic) bond motifs is 1. The molecule has 0 atom stereocenters. The minimum atomic E-state index is -0.0900. The molecule has 0 unspecified atom stereocenters. The standard InChI is InChI=1S/C25H33NOS.H2O/c1-24(2,3)19-12-13-21(23(27)22(19)25(4,5)6)28-17-9-15-26-16-14-18-10-7-8-11-20(18)26;/h7-8,10-14,16,27H,9,15,17H2,1-6H3;1H2. The molecule has 0 fully saturated rings. The molecule has 3 aromatic rings. The van der Waals surface area contributed by atoms with Gasteiger partial charge in [0, 0.05) is 28.7 Å². The molecule has 1 heterocycles. The van der Waals surface area contributed by atoms with Gasteiger partial charge in [0.15, 0.2) is 0 Å². The van der Waals surface area contributed by atoms with E-state index in [1.165, 1.54) is 16.5 Å². The van der Waals surface area contributed by atoms with Gasteiger partial charge in [0.2, 0.25) is 0 Å². The smallest absolute Gasteiger partial charge is 0.133 e. The van der Waals surface area contributed by atoms with E-state index in [1.807, 2.05) is 0 Å². The molecule has 0 saturated heterocycles. The number of nitrogens with zero attached hydrogens (tertiary/aromatic N) is 1. The first kappa shape index (κ1) is 23.4. The van der Waals surface area contributed by atoms with Gasteiger partial charge in [-0.1, -0.05) is 65.8 Å². The highest BCUT2D eigenvalue weighted by atomic mass is 32.2. The van der Waals surface area contributed by atoms with Crippen molar-refractivity contribution in [3.63, 3.8) is 0 Å². The molecule has 0 aliphatic heterocycles. The van der Waals surface area contributed by atoms with Crippen LogP contribution >= 0.6 is 11.8 Å². The van der Waals surface area contributed by atoms with Gasteiger partial charge in [-0.3, -0.25) is 0 Å². The Hall–Kier alpha value is -1.91. The fourth-order valence-corrected chi connectivity index (χ4v) is 4.72. The molecule has 3 rings (SSSR count). The van der Waals surface area contributed by atoms with Crippen molar-refractivity contribution in [3.05, 3.63) is 59.8 Å². The second kappa shape index (κ2) is 8.85. The molecule has 0 aliphatic rings. The lowest BCUT2D eigenvalue weighted by Crippen LogP contribution is -2.22. The number of hydrogen-bond donors (Lipinski definition) is 1. The fraction of sp³-hybridized carbons (Fsp3) is 0.440. The second-order valence-corrected chi connectivity index (χ2v) is 10.7. The number of thioether (sulfide) groups is 1. The molecule has 2 aromatic carbocycles. The monoisotopic (exact) mass is 413 g/mol. The topological polar surface area (TPSA) is 56.7 Å². The molecule has 0 spiro atoms. The van der Waals surface area contributed by atoms with Crippen molar-refractivity contribution in [2.75, 3.05) is 5.75 Å². The molecule has 0 aliphatic carbocycles. The minimum Gasteiger partial charge on any atom is -0.506 e. The summed E-state index contributed by atoms with van der Waals surface area (Å²) in [4.78, 5) is 0.996. The van der Waals surface area contributed by atoms with Gasteiger partial charge in [-0.15, -0.1) is 11.8 Å². The van der Waals surface area contributed by atoms with Crippen molar-refractivity contribution in [1.82, 2.24) is 4.57 Å². The Labute approximate surface area is 179 Å². The highest BCUT2D eigenvalue weighted by Gasteiger charge is 2.29. The maximum Gasteiger partial charge on any atom is 0.133 e. The Morgan fingerprint density at radius 2 is 1.59 bits per heavy atom. The van der Waals surface area contributed by atoms with Crippen LogP contribution in [0.5, 0.6) is 5.75 Å². The van der Waals surface area contributed by atoms with E-state index >= 15 is 0 Å². The fourth-order valence-electron chi connectivity index (χ4n) is 3.83. The molecule has 0 bridgehead atoms. The Bertz CT molecular complexity index is 961. The number of rotatable bonds is 5. The molecule has 3 nitrogen and oxygen atoms in total. The molecule has 4 heteroatoms. The first-order chi connectivity index (χ1) is 13.1. The summed E-state index contributed by atoms with van der Waals surface area (Å²) < 4.78 is 2.32. The molecule has 0 amide bonds. The number of aromatic hydroxyl groups is 1. The maximum absolute atomic E-state index is 11.1. The molecular formula is C25H35NO2S. The van der Waals surface area contributed by atoms with Gasteiger partial charge in [-0.2, -0.15) is 0 Å². The van der Waals surface area contributed by atoms with Gasteiger partial charge in [0.1, 0.15) is 5.75 Å². The van der Waals surface area contributed by atoms with Crippen molar-refractivity contribution in [2.45, 2.75) is 70.2 Å². The van der Waals surface area contributed by atoms with Crippen LogP contribution in [-0.4, -0.2) is 20.9 Å². The van der Waals surface area contributed by atoms with E-state index in [4.69, 9.17) is 0 Å². The SMILES string of the molecule is CC(C)(C)c1ccc(SCCCn2ccc3ccccc32)c(O)c1C(C)(C)C.O. The van der Waals surface area contributed by atoms with Crippen molar-refractivity contribution >= 4 is 22.7 Å². The third-order valence-electron chi connectivity index (χ3n) is 5.18. The van der Waals surface area contributed by atoms with E-state index < -0.39 is 0 Å². The average Bonchev–Trinajstić information content (AvgIpc) is 3.01. The lowest BCUT2D eigenvalue weighted by molar-refractivity contribution is 0.424. The van der Waals surface area contributed by atoms with Gasteiger partial charge in [0.25, 0.3) is 0 Å². The van der Waals surface area contributed by atoms with E-state index in [1.54, 1.807) is 11.8 Å². The van der Waals surface area contributed by atoms with Crippen LogP contribution in [0.3, 0.4) is 0 Å². The van der Waals surface area contributed by atoms with E-state index in [-0.39, 0.29) is 16.3 Å². The molecule has 0 radical (unpaired) electrons. The molecule has 1 aromatic heterocycles. The van der Waals surface area contributed by atoms with Crippen LogP contribution in [0, 0.1) is 0 Å². The van der Waals surface area contributed by atoms with Crippen LogP contribution in [0.15, 0.2) is 53.6 Å². The van der Waals surface area contributed by atoms with Crippen LogP contribution in [0.25, 0.3) is 10.9 Å². The Balaban J connectivity index is 0.00000300. The van der Waals surface area contributed by atoms with Crippen molar-refractivity contribution < 1.29 is 10.6 Å². The zero-order chi connectivity index (χ0) is 20.5. The van der Waals surface area contributed by atoms with Gasteiger partial charge in [0.05, 0.1) is 0 Å². The quantitative estimate of drug-likeness (QED) is 0.394. The summed E-state index contributed by atoms with van der Waals surface area (Å²) in [6, 6.07) is 15.0. The zero-order valence-electron chi connectivity index (χ0n) is 18.5. The maximum atomic E-state index is 11.1. The lowest BCUT2D eigenvalue weighted by atomic mass is 9.75. The molecule has 3 N–H and O–H groups in total. The third kappa shape index (κ3) is 5.18.